The second kappa shape index (κ2) is 8.51. The van der Waals surface area contributed by atoms with Crippen molar-refractivity contribution in [1.29, 1.82) is 0 Å². The first kappa shape index (κ1) is 20.6. The number of benzene rings is 1. The molecule has 1 amide bonds. The van der Waals surface area contributed by atoms with Gasteiger partial charge in [0.05, 0.1) is 5.69 Å². The lowest BCUT2D eigenvalue weighted by Crippen LogP contribution is -2.39. The molecule has 1 fully saturated rings. The normalized spacial score (nSPS) is 15.0. The van der Waals surface area contributed by atoms with E-state index in [-0.39, 0.29) is 11.7 Å². The van der Waals surface area contributed by atoms with E-state index in [0.717, 1.165) is 11.3 Å². The lowest BCUT2D eigenvalue weighted by Gasteiger charge is -2.27. The predicted octanol–water partition coefficient (Wildman–Crippen LogP) is 3.89. The van der Waals surface area contributed by atoms with E-state index in [4.69, 9.17) is 4.74 Å². The van der Waals surface area contributed by atoms with Crippen molar-refractivity contribution >= 4 is 17.9 Å². The maximum Gasteiger partial charge on any atom is 0.410 e. The lowest BCUT2D eigenvalue weighted by atomic mass is 10.1. The fourth-order valence-corrected chi connectivity index (χ4v) is 3.26. The minimum Gasteiger partial charge on any atom is -0.478 e. The second-order valence-electron chi connectivity index (χ2n) is 8.05. The number of pyridine rings is 1. The van der Waals surface area contributed by atoms with E-state index in [2.05, 4.69) is 4.98 Å². The number of carboxylic acids is 1. The standard InChI is InChI=1S/C22H27N3O4/c1-22(2,3)29-21(28)25-13-7-12-24(14-15-25)19-17(20(26)27)10-11-18(23-19)16-8-5-4-6-9-16/h4-6,8-11H,7,12-15H2,1-3H3,(H,26,27). The van der Waals surface area contributed by atoms with Crippen molar-refractivity contribution in [2.75, 3.05) is 31.1 Å². The van der Waals surface area contributed by atoms with Crippen molar-refractivity contribution in [1.82, 2.24) is 9.88 Å². The molecule has 7 heteroatoms. The van der Waals surface area contributed by atoms with Crippen molar-refractivity contribution < 1.29 is 19.4 Å². The van der Waals surface area contributed by atoms with Gasteiger partial charge in [0.1, 0.15) is 17.0 Å². The van der Waals surface area contributed by atoms with E-state index < -0.39 is 11.6 Å². The number of amides is 1. The average Bonchev–Trinajstić information content (AvgIpc) is 2.93. The molecule has 0 radical (unpaired) electrons. The van der Waals surface area contributed by atoms with Crippen LogP contribution >= 0.6 is 0 Å². The summed E-state index contributed by atoms with van der Waals surface area (Å²) in [7, 11) is 0. The summed E-state index contributed by atoms with van der Waals surface area (Å²) in [5.74, 6) is -0.578. The van der Waals surface area contributed by atoms with Gasteiger partial charge in [-0.15, -0.1) is 0 Å². The average molecular weight is 397 g/mol. The van der Waals surface area contributed by atoms with Gasteiger partial charge in [-0.05, 0) is 39.3 Å². The lowest BCUT2D eigenvalue weighted by molar-refractivity contribution is 0.0263. The molecule has 1 aliphatic heterocycles. The Kier molecular flexibility index (Phi) is 6.06. The summed E-state index contributed by atoms with van der Waals surface area (Å²) in [4.78, 5) is 32.5. The van der Waals surface area contributed by atoms with Gasteiger partial charge in [0.15, 0.2) is 0 Å². The van der Waals surface area contributed by atoms with Gasteiger partial charge in [-0.1, -0.05) is 30.3 Å². The molecule has 29 heavy (non-hydrogen) atoms. The molecule has 2 aromatic rings. The third-order valence-electron chi connectivity index (χ3n) is 4.62. The highest BCUT2D eigenvalue weighted by Gasteiger charge is 2.26. The summed E-state index contributed by atoms with van der Waals surface area (Å²) in [6.07, 6.45) is 0.360. The second-order valence-corrected chi connectivity index (χ2v) is 8.05. The minimum atomic E-state index is -1.01. The molecule has 0 bridgehead atoms. The molecule has 0 atom stereocenters. The predicted molar refractivity (Wildman–Crippen MR) is 111 cm³/mol. The Balaban J connectivity index is 1.84. The maximum absolute atomic E-state index is 12.4. The maximum atomic E-state index is 12.4. The number of ether oxygens (including phenoxy) is 1. The van der Waals surface area contributed by atoms with E-state index in [1.165, 1.54) is 0 Å². The first-order chi connectivity index (χ1) is 13.7. The van der Waals surface area contributed by atoms with Crippen LogP contribution in [0.2, 0.25) is 0 Å². The Morgan fingerprint density at radius 2 is 1.72 bits per heavy atom. The van der Waals surface area contributed by atoms with Crippen LogP contribution in [0.3, 0.4) is 0 Å². The highest BCUT2D eigenvalue weighted by molar-refractivity contribution is 5.94. The number of carboxylic acid groups (broad SMARTS) is 1. The molecule has 1 aromatic heterocycles. The van der Waals surface area contributed by atoms with Crippen LogP contribution in [0.25, 0.3) is 11.3 Å². The van der Waals surface area contributed by atoms with E-state index >= 15 is 0 Å². The fourth-order valence-electron chi connectivity index (χ4n) is 3.26. The molecule has 0 spiro atoms. The van der Waals surface area contributed by atoms with E-state index in [0.29, 0.717) is 38.4 Å². The van der Waals surface area contributed by atoms with Gasteiger partial charge in [0.2, 0.25) is 0 Å². The van der Waals surface area contributed by atoms with Crippen LogP contribution in [0.5, 0.6) is 0 Å². The third kappa shape index (κ3) is 5.25. The number of rotatable bonds is 3. The van der Waals surface area contributed by atoms with Crippen LogP contribution < -0.4 is 4.90 Å². The summed E-state index contributed by atoms with van der Waals surface area (Å²) in [5, 5.41) is 9.64. The van der Waals surface area contributed by atoms with Gasteiger partial charge < -0.3 is 19.6 Å². The Labute approximate surface area is 170 Å². The quantitative estimate of drug-likeness (QED) is 0.846. The molecule has 0 unspecified atom stereocenters. The van der Waals surface area contributed by atoms with Crippen LogP contribution in [0.4, 0.5) is 10.6 Å². The number of aromatic carboxylic acids is 1. The Hall–Kier alpha value is -3.09. The Bertz CT molecular complexity index is 877. The molecule has 1 N–H and O–H groups in total. The molecular weight excluding hydrogens is 370 g/mol. The van der Waals surface area contributed by atoms with Gasteiger partial charge in [-0.3, -0.25) is 0 Å². The first-order valence-electron chi connectivity index (χ1n) is 9.77. The van der Waals surface area contributed by atoms with Crippen molar-refractivity contribution in [3.05, 3.63) is 48.0 Å². The molecule has 154 valence electrons. The van der Waals surface area contributed by atoms with Crippen LogP contribution in [0.15, 0.2) is 42.5 Å². The Morgan fingerprint density at radius 1 is 1.00 bits per heavy atom. The number of aromatic nitrogens is 1. The first-order valence-corrected chi connectivity index (χ1v) is 9.77. The Morgan fingerprint density at radius 3 is 2.38 bits per heavy atom. The number of hydrogen-bond donors (Lipinski definition) is 1. The number of nitrogens with zero attached hydrogens (tertiary/aromatic N) is 3. The summed E-state index contributed by atoms with van der Waals surface area (Å²) < 4.78 is 5.47. The van der Waals surface area contributed by atoms with E-state index in [1.54, 1.807) is 17.0 Å². The number of carbonyl (C=O) groups excluding carboxylic acids is 1. The highest BCUT2D eigenvalue weighted by atomic mass is 16.6. The van der Waals surface area contributed by atoms with Gasteiger partial charge in [0, 0.05) is 31.7 Å². The molecule has 7 nitrogen and oxygen atoms in total. The van der Waals surface area contributed by atoms with Crippen LogP contribution in [-0.4, -0.2) is 58.8 Å². The van der Waals surface area contributed by atoms with Crippen molar-refractivity contribution in [3.8, 4) is 11.3 Å². The number of anilines is 1. The van der Waals surface area contributed by atoms with E-state index in [9.17, 15) is 14.7 Å². The minimum absolute atomic E-state index is 0.162. The third-order valence-corrected chi connectivity index (χ3v) is 4.62. The summed E-state index contributed by atoms with van der Waals surface area (Å²) in [5.41, 5.74) is 1.26. The van der Waals surface area contributed by atoms with Crippen molar-refractivity contribution in [2.45, 2.75) is 32.8 Å². The molecule has 3 rings (SSSR count). The summed E-state index contributed by atoms with van der Waals surface area (Å²) in [6, 6.07) is 13.0. The van der Waals surface area contributed by atoms with E-state index in [1.807, 2.05) is 56.0 Å². The van der Waals surface area contributed by atoms with Crippen LogP contribution in [0, 0.1) is 0 Å². The smallest absolute Gasteiger partial charge is 0.410 e. The van der Waals surface area contributed by atoms with Gasteiger partial charge >= 0.3 is 12.1 Å². The monoisotopic (exact) mass is 397 g/mol. The highest BCUT2D eigenvalue weighted by Crippen LogP contribution is 2.26. The molecule has 0 saturated carbocycles. The van der Waals surface area contributed by atoms with Crippen molar-refractivity contribution in [3.63, 3.8) is 0 Å². The largest absolute Gasteiger partial charge is 0.478 e. The molecule has 0 aliphatic carbocycles. The summed E-state index contributed by atoms with van der Waals surface area (Å²) >= 11 is 0. The topological polar surface area (TPSA) is 83.0 Å². The molecule has 1 aliphatic rings. The molecule has 1 aromatic carbocycles. The molecular formula is C22H27N3O4. The van der Waals surface area contributed by atoms with Crippen LogP contribution in [0.1, 0.15) is 37.6 Å². The van der Waals surface area contributed by atoms with Gasteiger partial charge in [-0.2, -0.15) is 0 Å². The SMILES string of the molecule is CC(C)(C)OC(=O)N1CCCN(c2nc(-c3ccccc3)ccc2C(=O)O)CC1. The van der Waals surface area contributed by atoms with Crippen molar-refractivity contribution in [2.24, 2.45) is 0 Å². The number of hydrogen-bond acceptors (Lipinski definition) is 5. The zero-order chi connectivity index (χ0) is 21.0. The summed E-state index contributed by atoms with van der Waals surface area (Å²) in [6.45, 7) is 7.64. The fraction of sp³-hybridized carbons (Fsp3) is 0.409. The van der Waals surface area contributed by atoms with Gasteiger partial charge in [0.25, 0.3) is 0 Å². The zero-order valence-electron chi connectivity index (χ0n) is 17.1. The molecule has 2 heterocycles. The number of carbonyl (C=O) groups is 2. The molecule has 1 saturated heterocycles. The zero-order valence-corrected chi connectivity index (χ0v) is 17.1. The van der Waals surface area contributed by atoms with Gasteiger partial charge in [-0.25, -0.2) is 14.6 Å². The van der Waals surface area contributed by atoms with Crippen LogP contribution in [-0.2, 0) is 4.74 Å².